The van der Waals surface area contributed by atoms with E-state index in [-0.39, 0.29) is 68.4 Å². The zero-order valence-electron chi connectivity index (χ0n) is 47.3. The van der Waals surface area contributed by atoms with E-state index in [4.69, 9.17) is 33.2 Å². The van der Waals surface area contributed by atoms with Crippen molar-refractivity contribution in [3.05, 3.63) is 24.3 Å². The first-order chi connectivity index (χ1) is 36.9. The number of likely N-dealkylation sites (tertiary alicyclic amines) is 1. The largest absolute Gasteiger partial charge is 0.465 e. The summed E-state index contributed by atoms with van der Waals surface area (Å²) in [6.07, 6.45) is 31.0. The van der Waals surface area contributed by atoms with E-state index in [9.17, 15) is 33.6 Å². The lowest BCUT2D eigenvalue weighted by Crippen LogP contribution is -2.48. The van der Waals surface area contributed by atoms with E-state index in [1.165, 1.54) is 25.7 Å². The Labute approximate surface area is 456 Å². The van der Waals surface area contributed by atoms with E-state index >= 15 is 0 Å². The molecule has 1 saturated heterocycles. The summed E-state index contributed by atoms with van der Waals surface area (Å²) in [6, 6.07) is 0. The molecule has 1 amide bonds. The first-order valence-corrected chi connectivity index (χ1v) is 29.8. The molecular formula is C60H100N2O14. The molecule has 0 aromatic rings. The molecule has 16 heteroatoms. The first-order valence-electron chi connectivity index (χ1n) is 29.8. The second-order valence-corrected chi connectivity index (χ2v) is 21.8. The molecule has 0 aromatic heterocycles. The Bertz CT molecular complexity index is 1650. The summed E-state index contributed by atoms with van der Waals surface area (Å²) in [5, 5.41) is 2.86. The standard InChI is InChI=1S/C60H100N2O14/c1-4-7-10-13-15-17-26-42-70-52(63)30-20-22-32-54(65)72-46-60(49-75-57(68)50-44-59(45-50)36-28-37-59,47-73-55(66)33-23-21-31-53(64)71-43-27-18-16-14-11-8-5-2)48-74-56(67)35-34-51(29-19-12-9-6-3)76-58(69)61-38-41-62-39-24-25-40-62/h15-18,50-51H,4-14,19-49H2,1-3H3,(H,61,69)/b17-15-,18-16-. The molecule has 3 aliphatic rings. The lowest BCUT2D eigenvalue weighted by molar-refractivity contribution is -0.177. The number of nitrogens with zero attached hydrogens (tertiary/aromatic N) is 1. The molecule has 1 aliphatic heterocycles. The highest BCUT2D eigenvalue weighted by atomic mass is 16.6. The van der Waals surface area contributed by atoms with Crippen LogP contribution < -0.4 is 5.32 Å². The Kier molecular flexibility index (Phi) is 35.2. The molecule has 0 bridgehead atoms. The van der Waals surface area contributed by atoms with Gasteiger partial charge < -0.3 is 43.4 Å². The summed E-state index contributed by atoms with van der Waals surface area (Å²) in [5.41, 5.74) is -1.27. The maximum atomic E-state index is 13.6. The molecule has 2 saturated carbocycles. The number of esters is 6. The Morgan fingerprint density at radius 1 is 0.526 bits per heavy atom. The predicted octanol–water partition coefficient (Wildman–Crippen LogP) is 11.9. The van der Waals surface area contributed by atoms with Gasteiger partial charge in [-0.05, 0) is 141 Å². The fourth-order valence-corrected chi connectivity index (χ4v) is 9.80. The summed E-state index contributed by atoms with van der Waals surface area (Å²) >= 11 is 0. The van der Waals surface area contributed by atoms with Gasteiger partial charge in [-0.15, -0.1) is 0 Å². The van der Waals surface area contributed by atoms with Gasteiger partial charge in [0.15, 0.2) is 0 Å². The van der Waals surface area contributed by atoms with Crippen LogP contribution in [0.5, 0.6) is 0 Å². The van der Waals surface area contributed by atoms with Gasteiger partial charge in [-0.25, -0.2) is 4.79 Å². The van der Waals surface area contributed by atoms with Gasteiger partial charge in [0, 0.05) is 45.2 Å². The van der Waals surface area contributed by atoms with Crippen molar-refractivity contribution in [3.8, 4) is 0 Å². The second kappa shape index (κ2) is 40.7. The monoisotopic (exact) mass is 1070 g/mol. The highest BCUT2D eigenvalue weighted by Crippen LogP contribution is 2.59. The van der Waals surface area contributed by atoms with E-state index < -0.39 is 61.3 Å². The van der Waals surface area contributed by atoms with Crippen molar-refractivity contribution in [2.45, 2.75) is 232 Å². The number of allylic oxidation sites excluding steroid dienone is 2. The molecule has 1 N–H and O–H groups in total. The number of alkyl carbamates (subject to hydrolysis) is 1. The number of unbranched alkanes of at least 4 members (excludes halogenated alkanes) is 11. The number of carbonyl (C=O) groups is 7. The van der Waals surface area contributed by atoms with Gasteiger partial charge in [0.05, 0.1) is 19.1 Å². The Balaban J connectivity index is 1.64. The van der Waals surface area contributed by atoms with E-state index in [2.05, 4.69) is 43.1 Å². The molecule has 2 aliphatic carbocycles. The highest BCUT2D eigenvalue weighted by molar-refractivity contribution is 5.74. The van der Waals surface area contributed by atoms with Crippen LogP contribution in [0.25, 0.3) is 0 Å². The van der Waals surface area contributed by atoms with Gasteiger partial charge in [0.2, 0.25) is 0 Å². The third-order valence-corrected chi connectivity index (χ3v) is 14.9. The molecule has 76 heavy (non-hydrogen) atoms. The van der Waals surface area contributed by atoms with Crippen molar-refractivity contribution in [1.82, 2.24) is 10.2 Å². The lowest BCUT2D eigenvalue weighted by atomic mass is 9.52. The van der Waals surface area contributed by atoms with Crippen LogP contribution in [0.1, 0.15) is 226 Å². The maximum Gasteiger partial charge on any atom is 0.407 e. The van der Waals surface area contributed by atoms with Crippen LogP contribution >= 0.6 is 0 Å². The molecule has 0 aromatic carbocycles. The minimum absolute atomic E-state index is 0.0168. The zero-order chi connectivity index (χ0) is 55.0. The Hall–Kier alpha value is -4.47. The van der Waals surface area contributed by atoms with Gasteiger partial charge in [0.25, 0.3) is 0 Å². The van der Waals surface area contributed by atoms with Crippen LogP contribution in [0.15, 0.2) is 24.3 Å². The molecular weight excluding hydrogens is 973 g/mol. The molecule has 3 fully saturated rings. The molecule has 1 heterocycles. The smallest absolute Gasteiger partial charge is 0.407 e. The fourth-order valence-electron chi connectivity index (χ4n) is 9.80. The first kappa shape index (κ1) is 65.8. The third-order valence-electron chi connectivity index (χ3n) is 14.9. The summed E-state index contributed by atoms with van der Waals surface area (Å²) in [7, 11) is 0. The van der Waals surface area contributed by atoms with Crippen LogP contribution in [0.4, 0.5) is 4.79 Å². The molecule has 3 rings (SSSR count). The van der Waals surface area contributed by atoms with Gasteiger partial charge >= 0.3 is 41.9 Å². The number of nitrogens with one attached hydrogen (secondary N) is 1. The number of rotatable bonds is 45. The zero-order valence-corrected chi connectivity index (χ0v) is 47.3. The molecule has 0 radical (unpaired) electrons. The van der Waals surface area contributed by atoms with E-state index in [1.807, 2.05) is 12.2 Å². The maximum absolute atomic E-state index is 13.6. The number of hydrogen-bond donors (Lipinski definition) is 1. The number of ether oxygens (including phenoxy) is 7. The fraction of sp³-hybridized carbons (Fsp3) is 0.817. The average molecular weight is 1070 g/mol. The molecule has 1 unspecified atom stereocenters. The Morgan fingerprint density at radius 2 is 0.987 bits per heavy atom. The van der Waals surface area contributed by atoms with Crippen molar-refractivity contribution < 1.29 is 66.7 Å². The van der Waals surface area contributed by atoms with Crippen molar-refractivity contribution in [2.24, 2.45) is 16.7 Å². The normalized spacial score (nSPS) is 15.7. The minimum Gasteiger partial charge on any atom is -0.465 e. The predicted molar refractivity (Wildman–Crippen MR) is 292 cm³/mol. The van der Waals surface area contributed by atoms with Crippen LogP contribution in [0.3, 0.4) is 0 Å². The minimum atomic E-state index is -1.47. The second-order valence-electron chi connectivity index (χ2n) is 21.8. The van der Waals surface area contributed by atoms with Crippen LogP contribution in [0.2, 0.25) is 0 Å². The van der Waals surface area contributed by atoms with Crippen LogP contribution in [0, 0.1) is 16.7 Å². The molecule has 16 nitrogen and oxygen atoms in total. The summed E-state index contributed by atoms with van der Waals surface area (Å²) in [4.78, 5) is 93.7. The van der Waals surface area contributed by atoms with E-state index in [0.29, 0.717) is 64.7 Å². The number of amides is 1. The number of carbonyl (C=O) groups excluding carboxylic acids is 7. The van der Waals surface area contributed by atoms with Crippen molar-refractivity contribution >= 4 is 41.9 Å². The molecule has 1 atom stereocenters. The quantitative estimate of drug-likeness (QED) is 0.0261. The summed E-state index contributed by atoms with van der Waals surface area (Å²) in [5.74, 6) is -3.15. The van der Waals surface area contributed by atoms with Crippen LogP contribution in [-0.4, -0.2) is 119 Å². The van der Waals surface area contributed by atoms with Gasteiger partial charge in [-0.1, -0.05) is 96.4 Å². The Morgan fingerprint density at radius 3 is 1.47 bits per heavy atom. The topological polar surface area (TPSA) is 199 Å². The van der Waals surface area contributed by atoms with Gasteiger partial charge in [-0.3, -0.25) is 28.8 Å². The van der Waals surface area contributed by atoms with E-state index in [0.717, 1.165) is 116 Å². The summed E-state index contributed by atoms with van der Waals surface area (Å²) in [6.45, 7) is 8.72. The van der Waals surface area contributed by atoms with Gasteiger partial charge in [0.1, 0.15) is 37.9 Å². The van der Waals surface area contributed by atoms with Gasteiger partial charge in [-0.2, -0.15) is 0 Å². The SMILES string of the molecule is CCCCC/C=C\CCOC(=O)CCCCC(=O)OCC(COC(=O)CCCCC(=O)OCC/C=C\CCCCC)(COC(=O)CCC(CCCCCC)OC(=O)NCCN1CCCC1)COC(=O)C1CC2(CCC2)C1. The average Bonchev–Trinajstić information content (AvgIpc) is 3.91. The molecule has 1 spiro atoms. The number of hydrogen-bond acceptors (Lipinski definition) is 15. The third kappa shape index (κ3) is 30.5. The van der Waals surface area contributed by atoms with E-state index in [1.54, 1.807) is 0 Å². The van der Waals surface area contributed by atoms with Crippen molar-refractivity contribution in [2.75, 3.05) is 65.8 Å². The van der Waals surface area contributed by atoms with Crippen molar-refractivity contribution in [1.29, 1.82) is 0 Å². The summed E-state index contributed by atoms with van der Waals surface area (Å²) < 4.78 is 40.0. The highest BCUT2D eigenvalue weighted by Gasteiger charge is 2.51. The van der Waals surface area contributed by atoms with Crippen LogP contribution in [-0.2, 0) is 61.9 Å². The molecule has 434 valence electrons. The lowest BCUT2D eigenvalue weighted by Gasteiger charge is -2.53. The van der Waals surface area contributed by atoms with Crippen molar-refractivity contribution in [3.63, 3.8) is 0 Å².